The van der Waals surface area contributed by atoms with Gasteiger partial charge in [0.05, 0.1) is 0 Å². The first-order valence-corrected chi connectivity index (χ1v) is 2.63. The van der Waals surface area contributed by atoms with Crippen molar-refractivity contribution in [1.82, 2.24) is 0 Å². The van der Waals surface area contributed by atoms with Gasteiger partial charge in [0.15, 0.2) is 0 Å². The molecule has 0 saturated carbocycles. The molecule has 0 amide bonds. The van der Waals surface area contributed by atoms with Crippen LogP contribution in [-0.2, 0) is 0 Å². The highest BCUT2D eigenvalue weighted by Gasteiger charge is 1.94. The van der Waals surface area contributed by atoms with Crippen LogP contribution in [0.4, 0.5) is 0 Å². The molecule has 3 nitrogen and oxygen atoms in total. The van der Waals surface area contributed by atoms with Crippen molar-refractivity contribution in [3.05, 3.63) is 12.3 Å². The second-order valence-corrected chi connectivity index (χ2v) is 1.62. The van der Waals surface area contributed by atoms with Crippen molar-refractivity contribution in [2.75, 3.05) is 13.1 Å². The van der Waals surface area contributed by atoms with Crippen LogP contribution in [0.3, 0.4) is 0 Å². The van der Waals surface area contributed by atoms with Gasteiger partial charge in [0, 0.05) is 5.92 Å². The summed E-state index contributed by atoms with van der Waals surface area (Å²) in [7, 11) is 0. The molecule has 0 unspecified atom stereocenters. The molecule has 0 aromatic heterocycles. The third-order valence-electron chi connectivity index (χ3n) is 0.989. The van der Waals surface area contributed by atoms with Crippen molar-refractivity contribution in [3.8, 4) is 0 Å². The lowest BCUT2D eigenvalue weighted by atomic mass is 10.1. The van der Waals surface area contributed by atoms with E-state index in [4.69, 9.17) is 17.2 Å². The molecule has 48 valence electrons. The topological polar surface area (TPSA) is 78.1 Å². The molecule has 0 heterocycles. The van der Waals surface area contributed by atoms with Gasteiger partial charge < -0.3 is 17.2 Å². The average Bonchev–Trinajstić information content (AvgIpc) is 1.83. The summed E-state index contributed by atoms with van der Waals surface area (Å²) in [6.07, 6.45) is 3.28. The summed E-state index contributed by atoms with van der Waals surface area (Å²) in [5.41, 5.74) is 15.7. The third-order valence-corrected chi connectivity index (χ3v) is 0.989. The van der Waals surface area contributed by atoms with Gasteiger partial charge >= 0.3 is 0 Å². The molecule has 0 aliphatic rings. The summed E-state index contributed by atoms with van der Waals surface area (Å²) in [5, 5.41) is 0. The highest BCUT2D eigenvalue weighted by Crippen LogP contribution is 1.88. The van der Waals surface area contributed by atoms with Gasteiger partial charge in [0.1, 0.15) is 0 Å². The zero-order chi connectivity index (χ0) is 6.41. The van der Waals surface area contributed by atoms with Crippen LogP contribution in [0.5, 0.6) is 0 Å². The predicted octanol–water partition coefficient (Wildman–Crippen LogP) is -1.01. The van der Waals surface area contributed by atoms with E-state index in [-0.39, 0.29) is 5.92 Å². The van der Waals surface area contributed by atoms with E-state index in [0.717, 1.165) is 0 Å². The minimum Gasteiger partial charge on any atom is -0.405 e. The molecule has 0 aliphatic carbocycles. The lowest BCUT2D eigenvalue weighted by molar-refractivity contribution is 0.673. The smallest absolute Gasteiger partial charge is 0.00298 e. The van der Waals surface area contributed by atoms with E-state index in [2.05, 4.69) is 0 Å². The van der Waals surface area contributed by atoms with Crippen molar-refractivity contribution < 1.29 is 0 Å². The standard InChI is InChI=1S/C5H13N3/c6-2-1-5(3-7)4-8/h1-2,5H,3-4,6-8H2/b2-1-. The fourth-order valence-corrected chi connectivity index (χ4v) is 0.410. The van der Waals surface area contributed by atoms with Gasteiger partial charge in [-0.25, -0.2) is 0 Å². The summed E-state index contributed by atoms with van der Waals surface area (Å²) >= 11 is 0. The maximum atomic E-state index is 5.28. The number of hydrogen-bond acceptors (Lipinski definition) is 3. The van der Waals surface area contributed by atoms with Gasteiger partial charge in [0.25, 0.3) is 0 Å². The Kier molecular flexibility index (Phi) is 4.30. The summed E-state index contributed by atoms with van der Waals surface area (Å²) < 4.78 is 0. The fraction of sp³-hybridized carbons (Fsp3) is 0.600. The third kappa shape index (κ3) is 2.60. The summed E-state index contributed by atoms with van der Waals surface area (Å²) in [5.74, 6) is 0.250. The Labute approximate surface area is 49.5 Å². The Morgan fingerprint density at radius 1 is 1.25 bits per heavy atom. The van der Waals surface area contributed by atoms with Crippen LogP contribution in [0.2, 0.25) is 0 Å². The van der Waals surface area contributed by atoms with Gasteiger partial charge in [-0.05, 0) is 19.3 Å². The van der Waals surface area contributed by atoms with E-state index < -0.39 is 0 Å². The Hall–Kier alpha value is -0.540. The van der Waals surface area contributed by atoms with Crippen LogP contribution in [0, 0.1) is 5.92 Å². The van der Waals surface area contributed by atoms with E-state index >= 15 is 0 Å². The zero-order valence-electron chi connectivity index (χ0n) is 4.88. The summed E-state index contributed by atoms with van der Waals surface area (Å²) in [4.78, 5) is 0. The molecular weight excluding hydrogens is 102 g/mol. The molecule has 0 rings (SSSR count). The maximum Gasteiger partial charge on any atom is 0.00298 e. The molecule has 0 fully saturated rings. The second-order valence-electron chi connectivity index (χ2n) is 1.62. The van der Waals surface area contributed by atoms with E-state index in [9.17, 15) is 0 Å². The van der Waals surface area contributed by atoms with Crippen LogP contribution in [-0.4, -0.2) is 13.1 Å². The zero-order valence-corrected chi connectivity index (χ0v) is 4.88. The first-order chi connectivity index (χ1) is 3.85. The molecule has 0 saturated heterocycles. The lowest BCUT2D eigenvalue weighted by Gasteiger charge is -2.02. The summed E-state index contributed by atoms with van der Waals surface area (Å²) in [6, 6.07) is 0. The number of hydrogen-bond donors (Lipinski definition) is 3. The van der Waals surface area contributed by atoms with Gasteiger partial charge in [-0.1, -0.05) is 6.08 Å². The molecule has 8 heavy (non-hydrogen) atoms. The van der Waals surface area contributed by atoms with Gasteiger partial charge in [-0.15, -0.1) is 0 Å². The molecule has 0 atom stereocenters. The highest BCUT2D eigenvalue weighted by atomic mass is 14.6. The largest absolute Gasteiger partial charge is 0.405 e. The lowest BCUT2D eigenvalue weighted by Crippen LogP contribution is -2.21. The van der Waals surface area contributed by atoms with Crippen molar-refractivity contribution in [2.24, 2.45) is 23.1 Å². The predicted molar refractivity (Wildman–Crippen MR) is 34.9 cm³/mol. The monoisotopic (exact) mass is 115 g/mol. The molecule has 0 radical (unpaired) electrons. The molecule has 0 spiro atoms. The molecule has 0 aliphatic heterocycles. The first kappa shape index (κ1) is 7.46. The normalized spacial score (nSPS) is 11.4. The van der Waals surface area contributed by atoms with Gasteiger partial charge in [-0.3, -0.25) is 0 Å². The number of nitrogens with two attached hydrogens (primary N) is 3. The molecule has 3 heteroatoms. The van der Waals surface area contributed by atoms with Crippen molar-refractivity contribution in [1.29, 1.82) is 0 Å². The molecule has 6 N–H and O–H groups in total. The molecule has 0 aromatic rings. The quantitative estimate of drug-likeness (QED) is 0.441. The highest BCUT2D eigenvalue weighted by molar-refractivity contribution is 4.85. The van der Waals surface area contributed by atoms with Crippen LogP contribution >= 0.6 is 0 Å². The molecular formula is C5H13N3. The van der Waals surface area contributed by atoms with Crippen LogP contribution in [0.15, 0.2) is 12.3 Å². The van der Waals surface area contributed by atoms with Crippen LogP contribution < -0.4 is 17.2 Å². The van der Waals surface area contributed by atoms with Crippen LogP contribution in [0.25, 0.3) is 0 Å². The van der Waals surface area contributed by atoms with Crippen molar-refractivity contribution in [3.63, 3.8) is 0 Å². The fourth-order valence-electron chi connectivity index (χ4n) is 0.410. The minimum absolute atomic E-state index is 0.250. The van der Waals surface area contributed by atoms with E-state index in [0.29, 0.717) is 13.1 Å². The first-order valence-electron chi connectivity index (χ1n) is 2.63. The SMILES string of the molecule is N/C=C\C(CN)CN. The number of rotatable bonds is 3. The van der Waals surface area contributed by atoms with Gasteiger partial charge in [0.2, 0.25) is 0 Å². The Balaban J connectivity index is 3.36. The molecule has 0 bridgehead atoms. The van der Waals surface area contributed by atoms with Gasteiger partial charge in [-0.2, -0.15) is 0 Å². The molecule has 0 aromatic carbocycles. The van der Waals surface area contributed by atoms with Crippen molar-refractivity contribution in [2.45, 2.75) is 0 Å². The van der Waals surface area contributed by atoms with Crippen molar-refractivity contribution >= 4 is 0 Å². The Morgan fingerprint density at radius 2 is 1.75 bits per heavy atom. The Morgan fingerprint density at radius 3 is 1.88 bits per heavy atom. The average molecular weight is 115 g/mol. The minimum atomic E-state index is 0.250. The van der Waals surface area contributed by atoms with E-state index in [1.54, 1.807) is 6.08 Å². The summed E-state index contributed by atoms with van der Waals surface area (Å²) in [6.45, 7) is 1.15. The van der Waals surface area contributed by atoms with E-state index in [1.807, 2.05) is 0 Å². The van der Waals surface area contributed by atoms with Crippen LogP contribution in [0.1, 0.15) is 0 Å². The maximum absolute atomic E-state index is 5.28. The van der Waals surface area contributed by atoms with E-state index in [1.165, 1.54) is 6.20 Å². The second kappa shape index (κ2) is 4.61. The Bertz CT molecular complexity index is 66.1.